The second-order valence-corrected chi connectivity index (χ2v) is 4.97. The van der Waals surface area contributed by atoms with Crippen LogP contribution >= 0.6 is 0 Å². The highest BCUT2D eigenvalue weighted by Gasteiger charge is 2.26. The summed E-state index contributed by atoms with van der Waals surface area (Å²) in [4.78, 5) is 11.9. The van der Waals surface area contributed by atoms with Crippen molar-refractivity contribution in [3.8, 4) is 5.75 Å². The lowest BCUT2D eigenvalue weighted by Gasteiger charge is -2.30. The number of rotatable bonds is 8. The van der Waals surface area contributed by atoms with E-state index in [1.165, 1.54) is 6.08 Å². The molecule has 0 atom stereocenters. The predicted molar refractivity (Wildman–Crippen MR) is 85.2 cm³/mol. The van der Waals surface area contributed by atoms with Gasteiger partial charge in [-0.25, -0.2) is 0 Å². The zero-order valence-electron chi connectivity index (χ0n) is 13.1. The van der Waals surface area contributed by atoms with Crippen LogP contribution in [0.3, 0.4) is 0 Å². The number of amides is 1. The summed E-state index contributed by atoms with van der Waals surface area (Å²) in [6.45, 7) is 6.43. The van der Waals surface area contributed by atoms with Gasteiger partial charge in [0.05, 0.1) is 18.8 Å². The van der Waals surface area contributed by atoms with Crippen LogP contribution in [0.1, 0.15) is 39.2 Å². The Kier molecular flexibility index (Phi) is 6.96. The molecule has 0 aliphatic carbocycles. The molecule has 4 nitrogen and oxygen atoms in total. The Bertz CT molecular complexity index is 453. The number of hydrogen-bond donors (Lipinski definition) is 2. The highest BCUT2D eigenvalue weighted by molar-refractivity contribution is 5.92. The van der Waals surface area contributed by atoms with Crippen molar-refractivity contribution in [2.24, 2.45) is 0 Å². The Hall–Kier alpha value is -1.81. The first-order chi connectivity index (χ1) is 10.1. The highest BCUT2D eigenvalue weighted by atomic mass is 16.5. The molecule has 2 N–H and O–H groups in total. The van der Waals surface area contributed by atoms with E-state index in [9.17, 15) is 9.90 Å². The molecule has 0 fully saturated rings. The lowest BCUT2D eigenvalue weighted by molar-refractivity contribution is -0.119. The van der Waals surface area contributed by atoms with Gasteiger partial charge in [0, 0.05) is 6.08 Å². The van der Waals surface area contributed by atoms with Crippen LogP contribution in [0.4, 0.5) is 0 Å². The third kappa shape index (κ3) is 5.23. The minimum Gasteiger partial charge on any atom is -0.494 e. The molecule has 0 radical (unpaired) electrons. The monoisotopic (exact) mass is 291 g/mol. The number of aliphatic hydroxyl groups excluding tert-OH is 1. The van der Waals surface area contributed by atoms with Crippen LogP contribution in [0.15, 0.2) is 30.3 Å². The minimum absolute atomic E-state index is 0.0529. The molecule has 0 saturated heterocycles. The molecule has 0 aliphatic rings. The zero-order valence-corrected chi connectivity index (χ0v) is 13.1. The topological polar surface area (TPSA) is 58.6 Å². The third-order valence-electron chi connectivity index (χ3n) is 3.66. The van der Waals surface area contributed by atoms with E-state index in [4.69, 9.17) is 4.74 Å². The predicted octanol–water partition coefficient (Wildman–Crippen LogP) is 2.77. The summed E-state index contributed by atoms with van der Waals surface area (Å²) in [5, 5.41) is 12.3. The number of nitrogens with one attached hydrogen (secondary N) is 1. The molecular weight excluding hydrogens is 266 g/mol. The van der Waals surface area contributed by atoms with Crippen molar-refractivity contribution in [2.75, 3.05) is 13.2 Å². The summed E-state index contributed by atoms with van der Waals surface area (Å²) in [5.41, 5.74) is 0.400. The number of ether oxygens (including phenoxy) is 1. The van der Waals surface area contributed by atoms with Crippen molar-refractivity contribution in [3.05, 3.63) is 35.9 Å². The smallest absolute Gasteiger partial charge is 0.244 e. The van der Waals surface area contributed by atoms with Crippen molar-refractivity contribution in [3.63, 3.8) is 0 Å². The largest absolute Gasteiger partial charge is 0.494 e. The normalized spacial score (nSPS) is 11.6. The molecule has 0 spiro atoms. The lowest BCUT2D eigenvalue weighted by atomic mass is 9.94. The standard InChI is InChI=1S/C17H25NO3/c1-4-17(5-2,13-19)18-16(20)12-9-14-7-10-15(11-8-14)21-6-3/h7-12,19H,4-6,13H2,1-3H3,(H,18,20). The van der Waals surface area contributed by atoms with E-state index in [2.05, 4.69) is 5.32 Å². The van der Waals surface area contributed by atoms with Gasteiger partial charge in [-0.1, -0.05) is 26.0 Å². The molecule has 1 amide bonds. The minimum atomic E-state index is -0.528. The molecule has 21 heavy (non-hydrogen) atoms. The first kappa shape index (κ1) is 17.2. The fraction of sp³-hybridized carbons (Fsp3) is 0.471. The summed E-state index contributed by atoms with van der Waals surface area (Å²) >= 11 is 0. The van der Waals surface area contributed by atoms with Gasteiger partial charge in [-0.3, -0.25) is 4.79 Å². The number of aliphatic hydroxyl groups is 1. The number of carbonyl (C=O) groups excluding carboxylic acids is 1. The van der Waals surface area contributed by atoms with Gasteiger partial charge in [0.2, 0.25) is 5.91 Å². The number of carbonyl (C=O) groups is 1. The van der Waals surface area contributed by atoms with Crippen molar-refractivity contribution >= 4 is 12.0 Å². The molecule has 0 aliphatic heterocycles. The van der Waals surface area contributed by atoms with Gasteiger partial charge in [0.25, 0.3) is 0 Å². The Labute approximate surface area is 126 Å². The first-order valence-corrected chi connectivity index (χ1v) is 7.43. The van der Waals surface area contributed by atoms with Crippen LogP contribution < -0.4 is 10.1 Å². The summed E-state index contributed by atoms with van der Waals surface area (Å²) < 4.78 is 5.36. The summed E-state index contributed by atoms with van der Waals surface area (Å²) in [6.07, 6.45) is 4.63. The highest BCUT2D eigenvalue weighted by Crippen LogP contribution is 2.15. The fourth-order valence-corrected chi connectivity index (χ4v) is 2.01. The summed E-state index contributed by atoms with van der Waals surface area (Å²) in [7, 11) is 0. The van der Waals surface area contributed by atoms with Crippen LogP contribution in [-0.4, -0.2) is 29.8 Å². The molecule has 1 aromatic rings. The van der Waals surface area contributed by atoms with Gasteiger partial charge >= 0.3 is 0 Å². The molecule has 4 heteroatoms. The quantitative estimate of drug-likeness (QED) is 0.724. The molecule has 0 heterocycles. The average molecular weight is 291 g/mol. The van der Waals surface area contributed by atoms with Gasteiger partial charge in [0.1, 0.15) is 5.75 Å². The van der Waals surface area contributed by atoms with E-state index >= 15 is 0 Å². The SMILES string of the molecule is CCOc1ccc(C=CC(=O)NC(CC)(CC)CO)cc1. The number of benzene rings is 1. The van der Waals surface area contributed by atoms with Crippen molar-refractivity contribution in [1.82, 2.24) is 5.32 Å². The van der Waals surface area contributed by atoms with Gasteiger partial charge in [-0.2, -0.15) is 0 Å². The maximum atomic E-state index is 11.9. The molecule has 1 rings (SSSR count). The molecular formula is C17H25NO3. The van der Waals surface area contributed by atoms with E-state index in [-0.39, 0.29) is 12.5 Å². The second-order valence-electron chi connectivity index (χ2n) is 4.97. The molecule has 0 unspecified atom stereocenters. The Morgan fingerprint density at radius 3 is 2.33 bits per heavy atom. The molecule has 116 valence electrons. The van der Waals surface area contributed by atoms with Crippen molar-refractivity contribution in [2.45, 2.75) is 39.2 Å². The molecule has 0 aromatic heterocycles. The van der Waals surface area contributed by atoms with Crippen LogP contribution in [0.2, 0.25) is 0 Å². The van der Waals surface area contributed by atoms with Crippen LogP contribution in [0.25, 0.3) is 6.08 Å². The molecule has 0 saturated carbocycles. The second kappa shape index (κ2) is 8.47. The third-order valence-corrected chi connectivity index (χ3v) is 3.66. The van der Waals surface area contributed by atoms with Gasteiger partial charge in [-0.05, 0) is 43.5 Å². The van der Waals surface area contributed by atoms with E-state index in [0.717, 1.165) is 11.3 Å². The Morgan fingerprint density at radius 2 is 1.86 bits per heavy atom. The lowest BCUT2D eigenvalue weighted by Crippen LogP contribution is -2.49. The average Bonchev–Trinajstić information content (AvgIpc) is 2.52. The van der Waals surface area contributed by atoms with E-state index < -0.39 is 5.54 Å². The zero-order chi connectivity index (χ0) is 15.7. The molecule has 0 bridgehead atoms. The fourth-order valence-electron chi connectivity index (χ4n) is 2.01. The van der Waals surface area contributed by atoms with Gasteiger partial charge < -0.3 is 15.2 Å². The number of hydrogen-bond acceptors (Lipinski definition) is 3. The molecule has 1 aromatic carbocycles. The van der Waals surface area contributed by atoms with Crippen LogP contribution in [0.5, 0.6) is 5.75 Å². The van der Waals surface area contributed by atoms with Gasteiger partial charge in [-0.15, -0.1) is 0 Å². The Morgan fingerprint density at radius 1 is 1.24 bits per heavy atom. The maximum Gasteiger partial charge on any atom is 0.244 e. The summed E-state index contributed by atoms with van der Waals surface area (Å²) in [6, 6.07) is 7.54. The Balaban J connectivity index is 2.65. The van der Waals surface area contributed by atoms with Crippen molar-refractivity contribution in [1.29, 1.82) is 0 Å². The maximum absolute atomic E-state index is 11.9. The van der Waals surface area contributed by atoms with Crippen molar-refractivity contribution < 1.29 is 14.6 Å². The van der Waals surface area contributed by atoms with Crippen LogP contribution in [-0.2, 0) is 4.79 Å². The first-order valence-electron chi connectivity index (χ1n) is 7.43. The van der Waals surface area contributed by atoms with E-state index in [1.54, 1.807) is 6.08 Å². The summed E-state index contributed by atoms with van der Waals surface area (Å²) in [5.74, 6) is 0.622. The van der Waals surface area contributed by atoms with E-state index in [1.807, 2.05) is 45.0 Å². The van der Waals surface area contributed by atoms with Gasteiger partial charge in [0.15, 0.2) is 0 Å². The van der Waals surface area contributed by atoms with Crippen LogP contribution in [0, 0.1) is 0 Å². The van der Waals surface area contributed by atoms with E-state index in [0.29, 0.717) is 19.4 Å².